The lowest BCUT2D eigenvalue weighted by molar-refractivity contribution is -0.359. The summed E-state index contributed by atoms with van der Waals surface area (Å²) in [6.45, 7) is 2.91. The number of ether oxygens (including phenoxy) is 4. The highest BCUT2D eigenvalue weighted by Gasteiger charge is 2.51. The molecule has 2 saturated heterocycles. The third kappa shape index (κ3) is 36.5. The van der Waals surface area contributed by atoms with Crippen molar-refractivity contribution >= 4 is 5.91 Å². The first-order chi connectivity index (χ1) is 39.1. The van der Waals surface area contributed by atoms with Crippen LogP contribution in [-0.2, 0) is 23.7 Å². The maximum absolute atomic E-state index is 13.3. The van der Waals surface area contributed by atoms with Crippen LogP contribution < -0.4 is 5.32 Å². The van der Waals surface area contributed by atoms with Crippen LogP contribution in [0.15, 0.2) is 12.2 Å². The number of unbranched alkanes of at least 4 members (excludes halogenated alkanes) is 41. The number of aliphatic hydroxyl groups excluding tert-OH is 8. The molecule has 0 radical (unpaired) electrons. The second kappa shape index (κ2) is 52.1. The number of hydrogen-bond acceptors (Lipinski definition) is 13. The minimum atomic E-state index is -1.78. The Kier molecular flexibility index (Phi) is 48.7. The molecular weight excluding hydrogens is 1010 g/mol. The summed E-state index contributed by atoms with van der Waals surface area (Å²) < 4.78 is 22.9. The molecule has 12 atom stereocenters. The van der Waals surface area contributed by atoms with E-state index >= 15 is 0 Å². The standard InChI is InChI=1S/C66H127NO13/c1-3-5-7-9-11-13-15-17-19-21-23-25-27-29-31-33-35-37-39-41-43-45-47-49-55(70)54(53-77-65-63(76)61(74)64(57(52-69)79-65)80-66-62(75)60(73)59(72)56(51-68)78-66)67-58(71)50-48-46-44-42-40-38-36-34-32-30-28-26-24-22-20-18-16-14-12-10-8-6-4-2/h22,24,54-57,59-66,68-70,72-76H,3-21,23,25-53H2,1-2H3,(H,67,71)/b24-22-. The molecule has 0 aromatic carbocycles. The number of allylic oxidation sites excluding steroid dienone is 2. The number of aliphatic hydroxyl groups is 8. The summed E-state index contributed by atoms with van der Waals surface area (Å²) in [7, 11) is 0. The normalized spacial score (nSPS) is 24.2. The van der Waals surface area contributed by atoms with Gasteiger partial charge in [0, 0.05) is 6.42 Å². The van der Waals surface area contributed by atoms with E-state index in [1.165, 1.54) is 231 Å². The van der Waals surface area contributed by atoms with Crippen LogP contribution in [0.1, 0.15) is 309 Å². The van der Waals surface area contributed by atoms with Gasteiger partial charge in [0.2, 0.25) is 5.91 Å². The molecule has 9 N–H and O–H groups in total. The van der Waals surface area contributed by atoms with E-state index in [1.807, 2.05) is 0 Å². The van der Waals surface area contributed by atoms with Crippen molar-refractivity contribution in [1.82, 2.24) is 5.32 Å². The lowest BCUT2D eigenvalue weighted by Crippen LogP contribution is -2.65. The Balaban J connectivity index is 1.69. The third-order valence-corrected chi connectivity index (χ3v) is 17.0. The Labute approximate surface area is 488 Å². The molecule has 14 nitrogen and oxygen atoms in total. The number of nitrogens with one attached hydrogen (secondary N) is 1. The number of hydrogen-bond donors (Lipinski definition) is 9. The first-order valence-electron chi connectivity index (χ1n) is 33.9. The maximum atomic E-state index is 13.3. The fraction of sp³-hybridized carbons (Fsp3) is 0.955. The molecule has 12 unspecified atom stereocenters. The Hall–Kier alpha value is -1.27. The van der Waals surface area contributed by atoms with Crippen LogP contribution in [0.3, 0.4) is 0 Å². The first kappa shape index (κ1) is 74.8. The topological polar surface area (TPSA) is 228 Å². The summed E-state index contributed by atoms with van der Waals surface area (Å²) in [5.41, 5.74) is 0. The van der Waals surface area contributed by atoms with Crippen molar-refractivity contribution in [1.29, 1.82) is 0 Å². The second-order valence-corrected chi connectivity index (χ2v) is 24.3. The van der Waals surface area contributed by atoms with E-state index < -0.39 is 86.8 Å². The van der Waals surface area contributed by atoms with Gasteiger partial charge < -0.3 is 65.1 Å². The smallest absolute Gasteiger partial charge is 0.220 e. The van der Waals surface area contributed by atoms with Crippen molar-refractivity contribution < 1.29 is 64.6 Å². The zero-order valence-corrected chi connectivity index (χ0v) is 51.4. The van der Waals surface area contributed by atoms with Crippen LogP contribution in [0.4, 0.5) is 0 Å². The molecule has 0 spiro atoms. The molecule has 2 fully saturated rings. The van der Waals surface area contributed by atoms with Crippen LogP contribution in [0, 0.1) is 0 Å². The molecule has 2 heterocycles. The molecular formula is C66H127NO13. The number of carbonyl (C=O) groups is 1. The Morgan fingerprint density at radius 2 is 0.787 bits per heavy atom. The Morgan fingerprint density at radius 3 is 1.19 bits per heavy atom. The fourth-order valence-corrected chi connectivity index (χ4v) is 11.5. The highest BCUT2D eigenvalue weighted by molar-refractivity contribution is 5.76. The van der Waals surface area contributed by atoms with Crippen molar-refractivity contribution in [2.45, 2.75) is 383 Å². The van der Waals surface area contributed by atoms with Crippen LogP contribution in [0.5, 0.6) is 0 Å². The highest BCUT2D eigenvalue weighted by atomic mass is 16.7. The minimum Gasteiger partial charge on any atom is -0.394 e. The number of amides is 1. The molecule has 2 rings (SSSR count). The largest absolute Gasteiger partial charge is 0.394 e. The van der Waals surface area contributed by atoms with E-state index in [4.69, 9.17) is 18.9 Å². The number of rotatable bonds is 56. The van der Waals surface area contributed by atoms with Gasteiger partial charge in [-0.15, -0.1) is 0 Å². The fourth-order valence-electron chi connectivity index (χ4n) is 11.5. The van der Waals surface area contributed by atoms with Gasteiger partial charge in [-0.05, 0) is 38.5 Å². The lowest BCUT2D eigenvalue weighted by atomic mass is 9.97. The molecule has 0 aromatic heterocycles. The van der Waals surface area contributed by atoms with Crippen LogP contribution in [-0.4, -0.2) is 140 Å². The van der Waals surface area contributed by atoms with Crippen LogP contribution in [0.25, 0.3) is 0 Å². The van der Waals surface area contributed by atoms with Gasteiger partial charge in [-0.2, -0.15) is 0 Å². The summed E-state index contributed by atoms with van der Waals surface area (Å²) in [6.07, 6.45) is 45.0. The summed E-state index contributed by atoms with van der Waals surface area (Å²) in [5.74, 6) is -0.202. The first-order valence-corrected chi connectivity index (χ1v) is 33.9. The second-order valence-electron chi connectivity index (χ2n) is 24.3. The van der Waals surface area contributed by atoms with Gasteiger partial charge in [0.05, 0.1) is 32.0 Å². The van der Waals surface area contributed by atoms with E-state index in [0.717, 1.165) is 51.4 Å². The maximum Gasteiger partial charge on any atom is 0.220 e. The quantitative estimate of drug-likeness (QED) is 0.0204. The summed E-state index contributed by atoms with van der Waals surface area (Å²) in [4.78, 5) is 13.3. The summed E-state index contributed by atoms with van der Waals surface area (Å²) >= 11 is 0. The van der Waals surface area contributed by atoms with Crippen molar-refractivity contribution in [3.05, 3.63) is 12.2 Å². The Morgan fingerprint density at radius 1 is 0.438 bits per heavy atom. The average Bonchev–Trinajstić information content (AvgIpc) is 3.46. The SMILES string of the molecule is CCCCCCCCCC/C=C\CCCCCCCCCCCCCC(=O)NC(COC1OC(CO)C(OC2OC(CO)C(O)C(O)C2O)C(O)C1O)C(O)CCCCCCCCCCCCCCCCCCCCCCCCC. The zero-order valence-electron chi connectivity index (χ0n) is 51.4. The van der Waals surface area contributed by atoms with Crippen LogP contribution in [0.2, 0.25) is 0 Å². The van der Waals surface area contributed by atoms with Gasteiger partial charge in [0.1, 0.15) is 48.8 Å². The Bertz CT molecular complexity index is 1390. The summed E-state index contributed by atoms with van der Waals surface area (Å²) in [6, 6.07) is -0.827. The van der Waals surface area contributed by atoms with Crippen LogP contribution >= 0.6 is 0 Å². The molecule has 0 aromatic rings. The van der Waals surface area contributed by atoms with Crippen molar-refractivity contribution in [3.8, 4) is 0 Å². The molecule has 474 valence electrons. The predicted molar refractivity (Wildman–Crippen MR) is 323 cm³/mol. The highest BCUT2D eigenvalue weighted by Crippen LogP contribution is 2.30. The van der Waals surface area contributed by atoms with Gasteiger partial charge in [-0.3, -0.25) is 4.79 Å². The molecule has 1 amide bonds. The van der Waals surface area contributed by atoms with Gasteiger partial charge in [-0.25, -0.2) is 0 Å². The van der Waals surface area contributed by atoms with Gasteiger partial charge in [0.15, 0.2) is 12.6 Å². The van der Waals surface area contributed by atoms with Crippen molar-refractivity contribution in [2.75, 3.05) is 19.8 Å². The molecule has 80 heavy (non-hydrogen) atoms. The molecule has 0 saturated carbocycles. The molecule has 0 bridgehead atoms. The van der Waals surface area contributed by atoms with Gasteiger partial charge in [0.25, 0.3) is 0 Å². The third-order valence-electron chi connectivity index (χ3n) is 17.0. The molecule has 14 heteroatoms. The van der Waals surface area contributed by atoms with Crippen molar-refractivity contribution in [2.24, 2.45) is 0 Å². The average molecular weight is 1140 g/mol. The van der Waals surface area contributed by atoms with E-state index in [9.17, 15) is 45.6 Å². The molecule has 0 aliphatic carbocycles. The van der Waals surface area contributed by atoms with Gasteiger partial charge in [-0.1, -0.05) is 276 Å². The van der Waals surface area contributed by atoms with E-state index in [-0.39, 0.29) is 12.5 Å². The minimum absolute atomic E-state index is 0.202. The lowest BCUT2D eigenvalue weighted by Gasteiger charge is -2.46. The number of carbonyl (C=O) groups excluding carboxylic acids is 1. The monoisotopic (exact) mass is 1140 g/mol. The molecule has 2 aliphatic heterocycles. The molecule has 2 aliphatic rings. The van der Waals surface area contributed by atoms with Gasteiger partial charge >= 0.3 is 0 Å². The zero-order chi connectivity index (χ0) is 58.1. The van der Waals surface area contributed by atoms with E-state index in [2.05, 4.69) is 31.3 Å². The predicted octanol–water partition coefficient (Wildman–Crippen LogP) is 13.0. The van der Waals surface area contributed by atoms with Crippen molar-refractivity contribution in [3.63, 3.8) is 0 Å². The summed E-state index contributed by atoms with van der Waals surface area (Å²) in [5, 5.41) is 87.5. The van der Waals surface area contributed by atoms with E-state index in [0.29, 0.717) is 12.8 Å². The van der Waals surface area contributed by atoms with E-state index in [1.54, 1.807) is 0 Å².